The van der Waals surface area contributed by atoms with E-state index in [1.54, 1.807) is 18.2 Å². The molecule has 3 aromatic carbocycles. The van der Waals surface area contributed by atoms with Gasteiger partial charge < -0.3 is 19.3 Å². The van der Waals surface area contributed by atoms with E-state index in [-0.39, 0.29) is 23.5 Å². The van der Waals surface area contributed by atoms with Crippen LogP contribution in [0.4, 0.5) is 24.5 Å². The molecule has 180 valence electrons. The predicted molar refractivity (Wildman–Crippen MR) is 125 cm³/mol. The molecule has 0 saturated heterocycles. The third-order valence-electron chi connectivity index (χ3n) is 5.05. The highest BCUT2D eigenvalue weighted by molar-refractivity contribution is 7.80. The van der Waals surface area contributed by atoms with Gasteiger partial charge in [-0.3, -0.25) is 9.00 Å². The number of alkyl halides is 3. The summed E-state index contributed by atoms with van der Waals surface area (Å²) in [6.45, 7) is 2.25. The van der Waals surface area contributed by atoms with Gasteiger partial charge in [0.15, 0.2) is 5.78 Å². The summed E-state index contributed by atoms with van der Waals surface area (Å²) < 4.78 is 69.8. The van der Waals surface area contributed by atoms with Gasteiger partial charge in [-0.05, 0) is 48.4 Å². The van der Waals surface area contributed by atoms with Crippen molar-refractivity contribution < 1.29 is 31.5 Å². The molecule has 0 aliphatic heterocycles. The van der Waals surface area contributed by atoms with Gasteiger partial charge in [0.2, 0.25) is 0 Å². The highest BCUT2D eigenvalue weighted by Gasteiger charge is 2.34. The van der Waals surface area contributed by atoms with Crippen molar-refractivity contribution in [3.8, 4) is 16.9 Å². The Balaban J connectivity index is 1.93. The summed E-state index contributed by atoms with van der Waals surface area (Å²) in [5.74, 6) is -0.139. The first-order valence-corrected chi connectivity index (χ1v) is 11.3. The van der Waals surface area contributed by atoms with Crippen LogP contribution >= 0.6 is 0 Å². The van der Waals surface area contributed by atoms with Gasteiger partial charge in [-0.1, -0.05) is 30.3 Å². The first-order chi connectivity index (χ1) is 16.1. The van der Waals surface area contributed by atoms with E-state index in [0.717, 1.165) is 6.07 Å². The largest absolute Gasteiger partial charge is 0.755 e. The number of carbonyl (C=O) groups is 1. The minimum atomic E-state index is -4.60. The second-order valence-corrected chi connectivity index (χ2v) is 8.01. The molecule has 10 heteroatoms. The number of rotatable bonds is 9. The number of carbonyl (C=O) groups excluding carboxylic acids is 1. The van der Waals surface area contributed by atoms with Gasteiger partial charge in [0.1, 0.15) is 5.75 Å². The van der Waals surface area contributed by atoms with Crippen LogP contribution in [0.15, 0.2) is 60.7 Å². The molecule has 0 saturated carbocycles. The molecule has 0 bridgehead atoms. The maximum Gasteiger partial charge on any atom is 0.417 e. The molecular formula is C24H22F3N2O4S-. The number of hydrogen-bond donors (Lipinski definition) is 2. The van der Waals surface area contributed by atoms with Crippen molar-refractivity contribution >= 4 is 28.4 Å². The Morgan fingerprint density at radius 3 is 2.29 bits per heavy atom. The van der Waals surface area contributed by atoms with Crippen LogP contribution in [0, 0.1) is 0 Å². The second-order valence-electron chi connectivity index (χ2n) is 7.33. The van der Waals surface area contributed by atoms with Gasteiger partial charge in [0.05, 0.1) is 12.7 Å². The number of halogens is 3. The number of methoxy groups -OCH3 is 1. The predicted octanol–water partition coefficient (Wildman–Crippen LogP) is 5.44. The number of benzene rings is 3. The molecule has 1 unspecified atom stereocenters. The van der Waals surface area contributed by atoms with Crippen molar-refractivity contribution in [1.82, 2.24) is 0 Å². The molecule has 1 atom stereocenters. The average Bonchev–Trinajstić information content (AvgIpc) is 2.79. The fraction of sp³-hybridized carbons (Fsp3) is 0.208. The van der Waals surface area contributed by atoms with E-state index in [1.807, 2.05) is 6.92 Å². The van der Waals surface area contributed by atoms with Gasteiger partial charge in [0, 0.05) is 46.7 Å². The summed E-state index contributed by atoms with van der Waals surface area (Å²) in [4.78, 5) is 12.9. The first-order valence-electron chi connectivity index (χ1n) is 10.2. The summed E-state index contributed by atoms with van der Waals surface area (Å²) in [5, 5.41) is 3.05. The summed E-state index contributed by atoms with van der Waals surface area (Å²) in [7, 11) is 1.30. The minimum absolute atomic E-state index is 0.0258. The fourth-order valence-electron chi connectivity index (χ4n) is 3.48. The zero-order chi connectivity index (χ0) is 24.9. The molecule has 0 aliphatic rings. The number of ether oxygens (including phenoxy) is 1. The number of Topliss-reactive ketones (excluding diaryl/α,β-unsaturated/α-hetero) is 1. The summed E-state index contributed by atoms with van der Waals surface area (Å²) in [6.07, 6.45) is -4.55. The van der Waals surface area contributed by atoms with Gasteiger partial charge in [-0.2, -0.15) is 13.2 Å². The van der Waals surface area contributed by atoms with E-state index in [0.29, 0.717) is 34.6 Å². The van der Waals surface area contributed by atoms with E-state index in [9.17, 15) is 26.7 Å². The Hall–Kier alpha value is -3.37. The molecule has 6 nitrogen and oxygen atoms in total. The van der Waals surface area contributed by atoms with Crippen molar-refractivity contribution in [1.29, 1.82) is 0 Å². The number of anilines is 2. The fourth-order valence-corrected chi connectivity index (χ4v) is 3.81. The second kappa shape index (κ2) is 10.7. The van der Waals surface area contributed by atoms with Gasteiger partial charge >= 0.3 is 6.18 Å². The molecule has 0 aliphatic carbocycles. The summed E-state index contributed by atoms with van der Waals surface area (Å²) >= 11 is -2.45. The summed E-state index contributed by atoms with van der Waals surface area (Å²) in [6, 6.07) is 14.6. The van der Waals surface area contributed by atoms with Crippen molar-refractivity contribution in [3.05, 3.63) is 77.4 Å². The molecule has 2 N–H and O–H groups in total. The van der Waals surface area contributed by atoms with E-state index >= 15 is 0 Å². The Morgan fingerprint density at radius 2 is 1.71 bits per heavy atom. The number of ketones is 1. The lowest BCUT2D eigenvalue weighted by Gasteiger charge is -2.18. The highest BCUT2D eigenvalue weighted by atomic mass is 32.2. The normalized spacial score (nSPS) is 12.2. The van der Waals surface area contributed by atoms with Crippen LogP contribution < -0.4 is 14.8 Å². The molecule has 0 aromatic heterocycles. The van der Waals surface area contributed by atoms with Crippen LogP contribution in [0.1, 0.15) is 28.4 Å². The van der Waals surface area contributed by atoms with Crippen LogP contribution in [0.3, 0.4) is 0 Å². The third-order valence-corrected chi connectivity index (χ3v) is 5.45. The quantitative estimate of drug-likeness (QED) is 0.307. The average molecular weight is 492 g/mol. The van der Waals surface area contributed by atoms with Crippen molar-refractivity contribution in [2.24, 2.45) is 0 Å². The molecular weight excluding hydrogens is 469 g/mol. The first kappa shape index (κ1) is 25.3. The molecule has 3 aromatic rings. The zero-order valence-electron chi connectivity index (χ0n) is 18.4. The topological polar surface area (TPSA) is 90.5 Å². The van der Waals surface area contributed by atoms with E-state index in [2.05, 4.69) is 10.0 Å². The lowest BCUT2D eigenvalue weighted by Crippen LogP contribution is -2.10. The molecule has 0 heterocycles. The Morgan fingerprint density at radius 1 is 1.03 bits per heavy atom. The van der Waals surface area contributed by atoms with Crippen LogP contribution in [0.25, 0.3) is 11.1 Å². The van der Waals surface area contributed by atoms with Gasteiger partial charge in [0.25, 0.3) is 0 Å². The van der Waals surface area contributed by atoms with Crippen LogP contribution in [0.2, 0.25) is 0 Å². The lowest BCUT2D eigenvalue weighted by atomic mass is 9.94. The highest BCUT2D eigenvalue weighted by Crippen LogP contribution is 2.41. The van der Waals surface area contributed by atoms with Gasteiger partial charge in [-0.15, -0.1) is 0 Å². The minimum Gasteiger partial charge on any atom is -0.755 e. The van der Waals surface area contributed by atoms with Crippen LogP contribution in [-0.2, 0) is 23.9 Å². The van der Waals surface area contributed by atoms with E-state index < -0.39 is 23.0 Å². The van der Waals surface area contributed by atoms with Crippen LogP contribution in [0.5, 0.6) is 5.75 Å². The van der Waals surface area contributed by atoms with Crippen molar-refractivity contribution in [2.45, 2.75) is 19.5 Å². The third kappa shape index (κ3) is 6.15. The summed E-state index contributed by atoms with van der Waals surface area (Å²) in [5.41, 5.74) is 1.22. The molecule has 0 amide bonds. The Kier molecular flexibility index (Phi) is 7.95. The van der Waals surface area contributed by atoms with Crippen molar-refractivity contribution in [2.75, 3.05) is 23.7 Å². The number of hydrogen-bond acceptors (Lipinski definition) is 5. The SMILES string of the molecule is CCNc1cc(C(=O)Cc2ccc(NS(=O)[O-])cc2)ccc1-c1ccc(OC)cc1C(F)(F)F. The number of nitrogens with one attached hydrogen (secondary N) is 2. The molecule has 0 fully saturated rings. The smallest absolute Gasteiger partial charge is 0.417 e. The van der Waals surface area contributed by atoms with E-state index in [1.165, 1.54) is 43.5 Å². The lowest BCUT2D eigenvalue weighted by molar-refractivity contribution is -0.137. The molecule has 0 spiro atoms. The molecule has 0 radical (unpaired) electrons. The van der Waals surface area contributed by atoms with Crippen LogP contribution in [-0.4, -0.2) is 28.2 Å². The molecule has 3 rings (SSSR count). The zero-order valence-corrected chi connectivity index (χ0v) is 19.2. The maximum atomic E-state index is 13.7. The maximum absolute atomic E-state index is 13.7. The van der Waals surface area contributed by atoms with Crippen molar-refractivity contribution in [3.63, 3.8) is 0 Å². The Bertz CT molecular complexity index is 1200. The van der Waals surface area contributed by atoms with Gasteiger partial charge in [-0.25, -0.2) is 0 Å². The Labute approximate surface area is 197 Å². The van der Waals surface area contributed by atoms with E-state index in [4.69, 9.17) is 4.74 Å². The molecule has 34 heavy (non-hydrogen) atoms. The standard InChI is InChI=1S/C24H23F3N2O4S/c1-3-28-22-13-16(23(30)12-15-4-7-17(8-5-15)29-34(31)32)6-10-20(22)19-11-9-18(33-2)14-21(19)24(25,26)27/h4-11,13-14,28-29H,3,12H2,1-2H3,(H,31,32)/p-1. The monoisotopic (exact) mass is 491 g/mol.